The van der Waals surface area contributed by atoms with Gasteiger partial charge in [-0.25, -0.2) is 4.98 Å². The van der Waals surface area contributed by atoms with Gasteiger partial charge in [0.05, 0.1) is 6.54 Å². The average molecular weight is 538 g/mol. The number of ether oxygens (including phenoxy) is 2. The molecule has 0 bridgehead atoms. The number of nitrogen functional groups attached to an aromatic ring is 1. The molecule has 3 aromatic carbocycles. The minimum absolute atomic E-state index is 0.0161. The lowest BCUT2D eigenvalue weighted by Crippen LogP contribution is -2.21. The maximum Gasteiger partial charge on any atom is 0.327 e. The zero-order valence-electron chi connectivity index (χ0n) is 22.1. The number of benzene rings is 3. The van der Waals surface area contributed by atoms with Crippen molar-refractivity contribution in [2.24, 2.45) is 5.73 Å². The van der Waals surface area contributed by atoms with Gasteiger partial charge in [0.2, 0.25) is 0 Å². The summed E-state index contributed by atoms with van der Waals surface area (Å²) in [5.74, 6) is 0.623. The van der Waals surface area contributed by atoms with E-state index in [0.717, 1.165) is 5.56 Å². The van der Waals surface area contributed by atoms with Gasteiger partial charge in [-0.1, -0.05) is 36.4 Å². The van der Waals surface area contributed by atoms with Gasteiger partial charge in [0, 0.05) is 25.2 Å². The fourth-order valence-corrected chi connectivity index (χ4v) is 4.06. The number of aromatic hydroxyl groups is 1. The molecule has 0 saturated carbocycles. The molecule has 2 aromatic heterocycles. The van der Waals surface area contributed by atoms with Crippen LogP contribution < -0.4 is 15.2 Å². The number of nitrogens with zero attached hydrogens (tertiary/aromatic N) is 5. The molecular weight excluding hydrogens is 510 g/mol. The Balaban J connectivity index is 1.62. The quantitative estimate of drug-likeness (QED) is 0.194. The first-order chi connectivity index (χ1) is 19.2. The number of carbonyl (C=O) groups excluding carboxylic acids is 1. The molecule has 0 aliphatic carbocycles. The van der Waals surface area contributed by atoms with Gasteiger partial charge >= 0.3 is 6.01 Å². The highest BCUT2D eigenvalue weighted by Crippen LogP contribution is 2.34. The Morgan fingerprint density at radius 1 is 0.975 bits per heavy atom. The molecule has 5 rings (SSSR count). The maximum absolute atomic E-state index is 12.5. The highest BCUT2D eigenvalue weighted by Gasteiger charge is 2.21. The average Bonchev–Trinajstić information content (AvgIpc) is 3.25. The van der Waals surface area contributed by atoms with Crippen LogP contribution >= 0.6 is 0 Å². The van der Waals surface area contributed by atoms with E-state index in [0.29, 0.717) is 40.4 Å². The molecule has 0 fully saturated rings. The van der Waals surface area contributed by atoms with Crippen LogP contribution in [0.15, 0.2) is 72.8 Å². The van der Waals surface area contributed by atoms with Crippen molar-refractivity contribution in [1.82, 2.24) is 24.4 Å². The van der Waals surface area contributed by atoms with E-state index in [1.165, 1.54) is 23.1 Å². The summed E-state index contributed by atoms with van der Waals surface area (Å²) in [6.45, 7) is 2.34. The van der Waals surface area contributed by atoms with Crippen molar-refractivity contribution in [3.8, 4) is 29.1 Å². The van der Waals surface area contributed by atoms with E-state index in [4.69, 9.17) is 20.6 Å². The van der Waals surface area contributed by atoms with Gasteiger partial charge in [-0.3, -0.25) is 10.2 Å². The summed E-state index contributed by atoms with van der Waals surface area (Å²) >= 11 is 0. The number of phenolic OH excluding ortho intramolecular Hbond substituents is 1. The Bertz CT molecular complexity index is 1730. The molecule has 0 unspecified atom stereocenters. The highest BCUT2D eigenvalue weighted by atomic mass is 16.5. The van der Waals surface area contributed by atoms with Crippen LogP contribution in [0.5, 0.6) is 29.1 Å². The predicted molar refractivity (Wildman–Crippen MR) is 149 cm³/mol. The topological polar surface area (TPSA) is 152 Å². The molecule has 11 heteroatoms. The number of carbonyl (C=O) groups is 1. The number of aromatic nitrogens is 4. The zero-order valence-corrected chi connectivity index (χ0v) is 22.1. The third kappa shape index (κ3) is 5.39. The second kappa shape index (κ2) is 10.7. The molecule has 4 N–H and O–H groups in total. The summed E-state index contributed by atoms with van der Waals surface area (Å²) in [5, 5.41) is 18.1. The molecule has 0 aliphatic heterocycles. The van der Waals surface area contributed by atoms with Gasteiger partial charge in [-0.15, -0.1) is 0 Å². The monoisotopic (exact) mass is 537 g/mol. The summed E-state index contributed by atoms with van der Waals surface area (Å²) in [7, 11) is 3.35. The largest absolute Gasteiger partial charge is 0.504 e. The van der Waals surface area contributed by atoms with Crippen LogP contribution in [0, 0.1) is 12.3 Å². The number of fused-ring (bicyclic) bond motifs is 1. The SMILES string of the molecule is Cc1nc2c(Oc3cccc(C(=O)N(C)C)c3)nc(Oc3cc(C(=N)N)ccc3O)nc2n1Cc1ccccc1. The van der Waals surface area contributed by atoms with Gasteiger partial charge in [-0.2, -0.15) is 9.97 Å². The van der Waals surface area contributed by atoms with Crippen molar-refractivity contribution in [2.75, 3.05) is 14.1 Å². The van der Waals surface area contributed by atoms with E-state index in [-0.39, 0.29) is 35.1 Å². The standard InChI is InChI=1S/C29H27N7O4/c1-17-32-24-26(36(17)16-18-8-5-4-6-9-18)33-29(40-23-15-19(25(30)31)12-13-22(23)37)34-27(24)39-21-11-7-10-20(14-21)28(38)35(2)3/h4-15,37H,16H2,1-3H3,(H3,30,31). The lowest BCUT2D eigenvalue weighted by Gasteiger charge is -2.13. The van der Waals surface area contributed by atoms with Gasteiger partial charge in [-0.05, 0) is 48.9 Å². The summed E-state index contributed by atoms with van der Waals surface area (Å²) in [4.78, 5) is 27.7. The Morgan fingerprint density at radius 2 is 1.75 bits per heavy atom. The third-order valence-electron chi connectivity index (χ3n) is 6.09. The summed E-state index contributed by atoms with van der Waals surface area (Å²) in [5.41, 5.74) is 8.30. The van der Waals surface area contributed by atoms with Crippen molar-refractivity contribution in [3.05, 3.63) is 95.3 Å². The number of nitrogens with one attached hydrogen (secondary N) is 1. The van der Waals surface area contributed by atoms with Gasteiger partial charge < -0.3 is 29.8 Å². The predicted octanol–water partition coefficient (Wildman–Crippen LogP) is 4.46. The Kier molecular flexibility index (Phi) is 7.02. The number of amides is 1. The summed E-state index contributed by atoms with van der Waals surface area (Å²) in [6.07, 6.45) is 0. The third-order valence-corrected chi connectivity index (χ3v) is 6.09. The molecule has 0 spiro atoms. The van der Waals surface area contributed by atoms with Crippen molar-refractivity contribution >= 4 is 22.9 Å². The zero-order chi connectivity index (χ0) is 28.4. The minimum Gasteiger partial charge on any atom is -0.504 e. The van der Waals surface area contributed by atoms with Crippen LogP contribution in [0.3, 0.4) is 0 Å². The van der Waals surface area contributed by atoms with Gasteiger partial charge in [0.1, 0.15) is 17.4 Å². The van der Waals surface area contributed by atoms with Crippen molar-refractivity contribution in [3.63, 3.8) is 0 Å². The number of amidine groups is 1. The first-order valence-corrected chi connectivity index (χ1v) is 12.3. The number of aryl methyl sites for hydroxylation is 1. The normalized spacial score (nSPS) is 10.9. The van der Waals surface area contributed by atoms with Gasteiger partial charge in [0.25, 0.3) is 11.8 Å². The van der Waals surface area contributed by atoms with Crippen LogP contribution in [-0.4, -0.2) is 55.4 Å². The van der Waals surface area contributed by atoms with Crippen molar-refractivity contribution < 1.29 is 19.4 Å². The van der Waals surface area contributed by atoms with Gasteiger partial charge in [0.15, 0.2) is 22.7 Å². The van der Waals surface area contributed by atoms with E-state index >= 15 is 0 Å². The molecular formula is C29H27N7O4. The Labute approximate surface area is 230 Å². The van der Waals surface area contributed by atoms with E-state index in [2.05, 4.69) is 15.0 Å². The maximum atomic E-state index is 12.5. The minimum atomic E-state index is -0.186. The van der Waals surface area contributed by atoms with Crippen LogP contribution in [0.2, 0.25) is 0 Å². The highest BCUT2D eigenvalue weighted by molar-refractivity contribution is 5.95. The van der Waals surface area contributed by atoms with E-state index < -0.39 is 0 Å². The lowest BCUT2D eigenvalue weighted by atomic mass is 10.2. The number of hydrogen-bond acceptors (Lipinski definition) is 8. The van der Waals surface area contributed by atoms with Crippen LogP contribution in [0.1, 0.15) is 27.3 Å². The fraction of sp³-hybridized carbons (Fsp3) is 0.138. The second-order valence-electron chi connectivity index (χ2n) is 9.24. The van der Waals surface area contributed by atoms with Crippen molar-refractivity contribution in [1.29, 1.82) is 5.41 Å². The Hall–Kier alpha value is -5.45. The molecule has 11 nitrogen and oxygen atoms in total. The molecule has 0 saturated heterocycles. The van der Waals surface area contributed by atoms with Crippen molar-refractivity contribution in [2.45, 2.75) is 13.5 Å². The van der Waals surface area contributed by atoms with Crippen LogP contribution in [0.25, 0.3) is 11.2 Å². The van der Waals surface area contributed by atoms with Crippen LogP contribution in [-0.2, 0) is 6.54 Å². The molecule has 5 aromatic rings. The molecule has 40 heavy (non-hydrogen) atoms. The molecule has 1 amide bonds. The van der Waals surface area contributed by atoms with E-state index in [9.17, 15) is 9.90 Å². The molecule has 202 valence electrons. The molecule has 0 aliphatic rings. The molecule has 2 heterocycles. The fourth-order valence-electron chi connectivity index (χ4n) is 4.06. The number of rotatable bonds is 8. The summed E-state index contributed by atoms with van der Waals surface area (Å²) in [6, 6.07) is 20.8. The molecule has 0 atom stereocenters. The van der Waals surface area contributed by atoms with E-state index in [1.54, 1.807) is 38.4 Å². The summed E-state index contributed by atoms with van der Waals surface area (Å²) < 4.78 is 14.0. The second-order valence-corrected chi connectivity index (χ2v) is 9.24. The van der Waals surface area contributed by atoms with E-state index in [1.807, 2.05) is 41.8 Å². The smallest absolute Gasteiger partial charge is 0.327 e. The first-order valence-electron chi connectivity index (χ1n) is 12.3. The number of hydrogen-bond donors (Lipinski definition) is 3. The number of imidazole rings is 1. The number of phenols is 1. The first kappa shape index (κ1) is 26.2. The Morgan fingerprint density at radius 3 is 2.48 bits per heavy atom. The molecule has 0 radical (unpaired) electrons. The van der Waals surface area contributed by atoms with Crippen LogP contribution in [0.4, 0.5) is 0 Å². The lowest BCUT2D eigenvalue weighted by molar-refractivity contribution is 0.0827. The number of nitrogens with two attached hydrogens (primary N) is 1.